The molecule has 0 radical (unpaired) electrons. The number of carbonyl (C=O) groups is 1. The van der Waals surface area contributed by atoms with Crippen molar-refractivity contribution in [3.63, 3.8) is 0 Å². The average molecular weight is 440 g/mol. The predicted octanol–water partition coefficient (Wildman–Crippen LogP) is 3.94. The van der Waals surface area contributed by atoms with Crippen molar-refractivity contribution in [2.24, 2.45) is 0 Å². The number of hydrogen-bond donors (Lipinski definition) is 2. The second kappa shape index (κ2) is 8.82. The predicted molar refractivity (Wildman–Crippen MR) is 130 cm³/mol. The van der Waals surface area contributed by atoms with Gasteiger partial charge in [0, 0.05) is 49.2 Å². The van der Waals surface area contributed by atoms with Crippen molar-refractivity contribution in [1.82, 2.24) is 9.88 Å². The number of H-pyrrole nitrogens is 1. The van der Waals surface area contributed by atoms with E-state index in [0.29, 0.717) is 43.7 Å². The van der Waals surface area contributed by atoms with E-state index in [1.165, 1.54) is 0 Å². The zero-order valence-corrected chi connectivity index (χ0v) is 18.2. The highest BCUT2D eigenvalue weighted by atomic mass is 16.3. The maximum Gasteiger partial charge on any atom is 0.290 e. The van der Waals surface area contributed by atoms with Crippen LogP contribution in [0.25, 0.3) is 10.8 Å². The van der Waals surface area contributed by atoms with E-state index in [1.807, 2.05) is 59.5 Å². The summed E-state index contributed by atoms with van der Waals surface area (Å²) < 4.78 is 0. The lowest BCUT2D eigenvalue weighted by Crippen LogP contribution is -2.36. The van der Waals surface area contributed by atoms with Crippen LogP contribution in [-0.4, -0.2) is 40.5 Å². The van der Waals surface area contributed by atoms with Crippen LogP contribution in [-0.2, 0) is 13.0 Å². The van der Waals surface area contributed by atoms with Crippen molar-refractivity contribution in [3.05, 3.63) is 106 Å². The van der Waals surface area contributed by atoms with Gasteiger partial charge in [-0.15, -0.1) is 0 Å². The third-order valence-electron chi connectivity index (χ3n) is 6.31. The average Bonchev–Trinajstić information content (AvgIpc) is 3.04. The summed E-state index contributed by atoms with van der Waals surface area (Å²) in [6, 6.07) is 23.7. The SMILES string of the molecule is O=C(c1cccc2ccccc12)N1CCN(CCc2cc[nH]c(=O)c2O)c2ccccc2C1. The van der Waals surface area contributed by atoms with E-state index in [-0.39, 0.29) is 11.7 Å². The van der Waals surface area contributed by atoms with Gasteiger partial charge in [0.25, 0.3) is 11.5 Å². The van der Waals surface area contributed by atoms with E-state index in [9.17, 15) is 14.7 Å². The van der Waals surface area contributed by atoms with Gasteiger partial charge in [-0.3, -0.25) is 9.59 Å². The largest absolute Gasteiger partial charge is 0.503 e. The molecule has 5 rings (SSSR count). The van der Waals surface area contributed by atoms with E-state index in [1.54, 1.807) is 12.3 Å². The number of aromatic nitrogens is 1. The number of benzene rings is 3. The number of anilines is 1. The van der Waals surface area contributed by atoms with Crippen molar-refractivity contribution >= 4 is 22.4 Å². The van der Waals surface area contributed by atoms with E-state index < -0.39 is 5.56 Å². The Morgan fingerprint density at radius 3 is 2.64 bits per heavy atom. The highest BCUT2D eigenvalue weighted by Crippen LogP contribution is 2.28. The number of fused-ring (bicyclic) bond motifs is 2. The summed E-state index contributed by atoms with van der Waals surface area (Å²) in [6.07, 6.45) is 2.08. The molecule has 0 saturated carbocycles. The van der Waals surface area contributed by atoms with Gasteiger partial charge in [-0.1, -0.05) is 54.6 Å². The molecule has 1 aliphatic heterocycles. The molecule has 6 nitrogen and oxygen atoms in total. The van der Waals surface area contributed by atoms with E-state index in [0.717, 1.165) is 22.0 Å². The summed E-state index contributed by atoms with van der Waals surface area (Å²) in [5, 5.41) is 12.1. The fourth-order valence-electron chi connectivity index (χ4n) is 4.56. The highest BCUT2D eigenvalue weighted by Gasteiger charge is 2.24. The molecule has 0 saturated heterocycles. The normalized spacial score (nSPS) is 13.6. The first-order valence-electron chi connectivity index (χ1n) is 11.1. The van der Waals surface area contributed by atoms with Crippen molar-refractivity contribution in [1.29, 1.82) is 0 Å². The van der Waals surface area contributed by atoms with Gasteiger partial charge in [0.05, 0.1) is 0 Å². The number of aromatic hydroxyl groups is 1. The summed E-state index contributed by atoms with van der Waals surface area (Å²) in [4.78, 5) is 31.9. The van der Waals surface area contributed by atoms with Gasteiger partial charge < -0.3 is 19.9 Å². The molecule has 6 heteroatoms. The molecule has 33 heavy (non-hydrogen) atoms. The molecule has 0 spiro atoms. The van der Waals surface area contributed by atoms with Crippen LogP contribution >= 0.6 is 0 Å². The molecule has 166 valence electrons. The topological polar surface area (TPSA) is 76.6 Å². The standard InChI is InChI=1S/C27H25N3O3/c31-25-20(12-14-28-26(25)32)13-15-29-16-17-30(18-21-7-2-4-11-24(21)29)27(33)23-10-5-8-19-6-1-3-9-22(19)23/h1-12,14,31H,13,15-18H2,(H,28,32). The first kappa shape index (κ1) is 20.8. The number of carbonyl (C=O) groups excluding carboxylic acids is 1. The van der Waals surface area contributed by atoms with Crippen LogP contribution in [0, 0.1) is 0 Å². The zero-order chi connectivity index (χ0) is 22.8. The summed E-state index contributed by atoms with van der Waals surface area (Å²) in [7, 11) is 0. The molecule has 3 aromatic carbocycles. The molecule has 1 aromatic heterocycles. The Labute approximate surface area is 191 Å². The van der Waals surface area contributed by atoms with E-state index >= 15 is 0 Å². The van der Waals surface area contributed by atoms with Crippen molar-refractivity contribution in [2.45, 2.75) is 13.0 Å². The Hall–Kier alpha value is -4.06. The third kappa shape index (κ3) is 4.07. The quantitative estimate of drug-likeness (QED) is 0.505. The number of aromatic amines is 1. The molecule has 2 N–H and O–H groups in total. The zero-order valence-electron chi connectivity index (χ0n) is 18.2. The van der Waals surface area contributed by atoms with Crippen LogP contribution in [0.2, 0.25) is 0 Å². The molecule has 1 aliphatic rings. The lowest BCUT2D eigenvalue weighted by atomic mass is 10.0. The number of pyridine rings is 1. The first-order valence-corrected chi connectivity index (χ1v) is 11.1. The minimum absolute atomic E-state index is 0.0238. The Kier molecular flexibility index (Phi) is 5.57. The van der Waals surface area contributed by atoms with Crippen molar-refractivity contribution < 1.29 is 9.90 Å². The van der Waals surface area contributed by atoms with Crippen LogP contribution in [0.15, 0.2) is 83.8 Å². The van der Waals surface area contributed by atoms with Crippen LogP contribution in [0.1, 0.15) is 21.5 Å². The van der Waals surface area contributed by atoms with Gasteiger partial charge in [-0.2, -0.15) is 0 Å². The first-order chi connectivity index (χ1) is 16.1. The van der Waals surface area contributed by atoms with Crippen LogP contribution in [0.3, 0.4) is 0 Å². The molecule has 0 fully saturated rings. The second-order valence-corrected chi connectivity index (χ2v) is 8.30. The fraction of sp³-hybridized carbons (Fsp3) is 0.185. The Bertz CT molecular complexity index is 1370. The Morgan fingerprint density at radius 1 is 0.939 bits per heavy atom. The van der Waals surface area contributed by atoms with Gasteiger partial charge in [0.15, 0.2) is 5.75 Å². The maximum atomic E-state index is 13.6. The van der Waals surface area contributed by atoms with Crippen LogP contribution in [0.4, 0.5) is 5.69 Å². The number of amides is 1. The number of para-hydroxylation sites is 1. The van der Waals surface area contributed by atoms with Gasteiger partial charge in [0.1, 0.15) is 0 Å². The van der Waals surface area contributed by atoms with Crippen molar-refractivity contribution in [3.8, 4) is 5.75 Å². The lowest BCUT2D eigenvalue weighted by molar-refractivity contribution is 0.0753. The monoisotopic (exact) mass is 439 g/mol. The third-order valence-corrected chi connectivity index (χ3v) is 6.31. The van der Waals surface area contributed by atoms with Crippen LogP contribution in [0.5, 0.6) is 5.75 Å². The maximum absolute atomic E-state index is 13.6. The number of hydrogen-bond acceptors (Lipinski definition) is 4. The number of rotatable bonds is 4. The summed E-state index contributed by atoms with van der Waals surface area (Å²) in [5.41, 5.74) is 3.01. The summed E-state index contributed by atoms with van der Waals surface area (Å²) in [6.45, 7) is 2.41. The summed E-state index contributed by atoms with van der Waals surface area (Å²) in [5.74, 6) is -0.205. The minimum Gasteiger partial charge on any atom is -0.503 e. The number of nitrogens with one attached hydrogen (secondary N) is 1. The molecule has 0 unspecified atom stereocenters. The van der Waals surface area contributed by atoms with Crippen molar-refractivity contribution in [2.75, 3.05) is 24.5 Å². The van der Waals surface area contributed by atoms with Gasteiger partial charge in [-0.25, -0.2) is 0 Å². The Morgan fingerprint density at radius 2 is 1.73 bits per heavy atom. The van der Waals surface area contributed by atoms with Gasteiger partial charge in [0.2, 0.25) is 0 Å². The molecule has 2 heterocycles. The van der Waals surface area contributed by atoms with Crippen LogP contribution < -0.4 is 10.5 Å². The fourth-order valence-corrected chi connectivity index (χ4v) is 4.56. The van der Waals surface area contributed by atoms with Gasteiger partial charge in [-0.05, 0) is 41.0 Å². The lowest BCUT2D eigenvalue weighted by Gasteiger charge is -2.25. The van der Waals surface area contributed by atoms with E-state index in [2.05, 4.69) is 22.0 Å². The second-order valence-electron chi connectivity index (χ2n) is 8.30. The molecule has 4 aromatic rings. The smallest absolute Gasteiger partial charge is 0.290 e. The Balaban J connectivity index is 1.41. The molecule has 0 aliphatic carbocycles. The van der Waals surface area contributed by atoms with Gasteiger partial charge >= 0.3 is 0 Å². The number of nitrogens with zero attached hydrogens (tertiary/aromatic N) is 2. The molecule has 0 atom stereocenters. The summed E-state index contributed by atoms with van der Waals surface area (Å²) >= 11 is 0. The van der Waals surface area contributed by atoms with E-state index in [4.69, 9.17) is 0 Å². The molecular formula is C27H25N3O3. The minimum atomic E-state index is -0.476. The molecule has 1 amide bonds. The highest BCUT2D eigenvalue weighted by molar-refractivity contribution is 6.07. The molecular weight excluding hydrogens is 414 g/mol. The molecule has 0 bridgehead atoms.